The fourth-order valence-electron chi connectivity index (χ4n) is 3.89. The van der Waals surface area contributed by atoms with Gasteiger partial charge in [0.25, 0.3) is 0 Å². The highest BCUT2D eigenvalue weighted by molar-refractivity contribution is 5.80. The standard InChI is InChI=1S/C23H26N4O/c1-17-2-4-18(5-3-17)16-27(21-7-8-21)23(28)20-10-12-26(13-11-20)22-9-6-19(14-24)15-25-22/h2-6,9,15,20-21H,7-8,10-13,16H2,1H3. The third-order valence-corrected chi connectivity index (χ3v) is 5.79. The summed E-state index contributed by atoms with van der Waals surface area (Å²) in [5.41, 5.74) is 3.03. The predicted octanol–water partition coefficient (Wildman–Crippen LogP) is 3.67. The monoisotopic (exact) mass is 374 g/mol. The Balaban J connectivity index is 1.37. The van der Waals surface area contributed by atoms with E-state index in [1.807, 2.05) is 6.07 Å². The lowest BCUT2D eigenvalue weighted by atomic mass is 9.94. The summed E-state index contributed by atoms with van der Waals surface area (Å²) in [5, 5.41) is 8.91. The fraction of sp³-hybridized carbons (Fsp3) is 0.435. The minimum atomic E-state index is 0.0979. The number of hydrogen-bond donors (Lipinski definition) is 0. The van der Waals surface area contributed by atoms with Crippen LogP contribution in [0.2, 0.25) is 0 Å². The maximum atomic E-state index is 13.2. The number of anilines is 1. The van der Waals surface area contributed by atoms with Crippen LogP contribution in [0.3, 0.4) is 0 Å². The Hall–Kier alpha value is -2.87. The first-order valence-corrected chi connectivity index (χ1v) is 10.1. The van der Waals surface area contributed by atoms with Crippen LogP contribution in [0, 0.1) is 24.2 Å². The first-order chi connectivity index (χ1) is 13.6. The first-order valence-electron chi connectivity index (χ1n) is 10.1. The molecule has 0 atom stereocenters. The van der Waals surface area contributed by atoms with E-state index >= 15 is 0 Å². The number of rotatable bonds is 5. The molecule has 2 aromatic rings. The fourth-order valence-corrected chi connectivity index (χ4v) is 3.89. The van der Waals surface area contributed by atoms with Crippen molar-refractivity contribution in [3.8, 4) is 6.07 Å². The van der Waals surface area contributed by atoms with E-state index in [4.69, 9.17) is 5.26 Å². The lowest BCUT2D eigenvalue weighted by Gasteiger charge is -2.35. The Morgan fingerprint density at radius 2 is 1.86 bits per heavy atom. The second-order valence-electron chi connectivity index (χ2n) is 7.96. The normalized spacial score (nSPS) is 17.2. The summed E-state index contributed by atoms with van der Waals surface area (Å²) in [6.07, 6.45) is 5.59. The lowest BCUT2D eigenvalue weighted by Crippen LogP contribution is -2.43. The van der Waals surface area contributed by atoms with Crippen LogP contribution in [0.4, 0.5) is 5.82 Å². The van der Waals surface area contributed by atoms with Crippen molar-refractivity contribution in [2.24, 2.45) is 5.92 Å². The number of piperidine rings is 1. The van der Waals surface area contributed by atoms with Gasteiger partial charge in [0, 0.05) is 37.8 Å². The summed E-state index contributed by atoms with van der Waals surface area (Å²) in [6, 6.07) is 14.7. The second kappa shape index (κ2) is 8.02. The molecule has 1 saturated heterocycles. The molecular formula is C23H26N4O. The van der Waals surface area contributed by atoms with Gasteiger partial charge in [-0.2, -0.15) is 5.26 Å². The number of carbonyl (C=O) groups is 1. The summed E-state index contributed by atoms with van der Waals surface area (Å²) < 4.78 is 0. The minimum absolute atomic E-state index is 0.0979. The van der Waals surface area contributed by atoms with Gasteiger partial charge in [-0.05, 0) is 50.3 Å². The number of carbonyl (C=O) groups excluding carboxylic acids is 1. The van der Waals surface area contributed by atoms with Gasteiger partial charge in [-0.15, -0.1) is 0 Å². The number of aryl methyl sites for hydroxylation is 1. The van der Waals surface area contributed by atoms with E-state index in [1.54, 1.807) is 12.3 Å². The summed E-state index contributed by atoms with van der Waals surface area (Å²) in [5.74, 6) is 1.31. The van der Waals surface area contributed by atoms with Gasteiger partial charge < -0.3 is 9.80 Å². The molecule has 2 heterocycles. The Morgan fingerprint density at radius 1 is 1.14 bits per heavy atom. The van der Waals surface area contributed by atoms with Crippen LogP contribution in [0.15, 0.2) is 42.6 Å². The van der Waals surface area contributed by atoms with E-state index in [-0.39, 0.29) is 5.92 Å². The Morgan fingerprint density at radius 3 is 2.43 bits per heavy atom. The van der Waals surface area contributed by atoms with E-state index in [1.165, 1.54) is 11.1 Å². The van der Waals surface area contributed by atoms with Gasteiger partial charge in [-0.3, -0.25) is 4.79 Å². The first kappa shape index (κ1) is 18.5. The van der Waals surface area contributed by atoms with Crippen LogP contribution in [-0.4, -0.2) is 34.9 Å². The molecule has 1 aromatic heterocycles. The molecule has 0 unspecified atom stereocenters. The lowest BCUT2D eigenvalue weighted by molar-refractivity contribution is -0.137. The minimum Gasteiger partial charge on any atom is -0.357 e. The highest BCUT2D eigenvalue weighted by Crippen LogP contribution is 2.32. The number of amides is 1. The summed E-state index contributed by atoms with van der Waals surface area (Å²) in [4.78, 5) is 22.0. The van der Waals surface area contributed by atoms with Gasteiger partial charge in [-0.25, -0.2) is 4.98 Å². The van der Waals surface area contributed by atoms with Crippen LogP contribution in [-0.2, 0) is 11.3 Å². The average Bonchev–Trinajstić information content (AvgIpc) is 3.58. The van der Waals surface area contributed by atoms with Crippen molar-refractivity contribution < 1.29 is 4.79 Å². The van der Waals surface area contributed by atoms with E-state index < -0.39 is 0 Å². The van der Waals surface area contributed by atoms with Crippen LogP contribution >= 0.6 is 0 Å². The third kappa shape index (κ3) is 4.17. The Kier molecular flexibility index (Phi) is 5.29. The molecule has 0 N–H and O–H groups in total. The van der Waals surface area contributed by atoms with Gasteiger partial charge in [0.2, 0.25) is 5.91 Å². The van der Waals surface area contributed by atoms with E-state index in [9.17, 15) is 4.79 Å². The molecule has 5 nitrogen and oxygen atoms in total. The maximum absolute atomic E-state index is 13.2. The molecule has 0 radical (unpaired) electrons. The molecule has 0 bridgehead atoms. The highest BCUT2D eigenvalue weighted by Gasteiger charge is 2.37. The quantitative estimate of drug-likeness (QED) is 0.801. The molecule has 1 aliphatic carbocycles. The molecule has 5 heteroatoms. The van der Waals surface area contributed by atoms with Crippen LogP contribution in [0.5, 0.6) is 0 Å². The molecule has 0 spiro atoms. The van der Waals surface area contributed by atoms with E-state index in [0.29, 0.717) is 17.5 Å². The number of nitriles is 1. The van der Waals surface area contributed by atoms with Crippen LogP contribution < -0.4 is 4.90 Å². The van der Waals surface area contributed by atoms with Crippen LogP contribution in [0.1, 0.15) is 42.4 Å². The number of pyridine rings is 1. The van der Waals surface area contributed by atoms with Crippen molar-refractivity contribution in [3.05, 3.63) is 59.3 Å². The third-order valence-electron chi connectivity index (χ3n) is 5.79. The zero-order valence-corrected chi connectivity index (χ0v) is 16.3. The molecule has 1 aromatic carbocycles. The Labute approximate surface area is 166 Å². The molecule has 2 aliphatic rings. The van der Waals surface area contributed by atoms with Crippen molar-refractivity contribution in [1.82, 2.24) is 9.88 Å². The van der Waals surface area contributed by atoms with Crippen molar-refractivity contribution in [2.45, 2.75) is 45.2 Å². The molecule has 2 fully saturated rings. The molecule has 144 valence electrons. The van der Waals surface area contributed by atoms with Crippen molar-refractivity contribution in [3.63, 3.8) is 0 Å². The second-order valence-corrected chi connectivity index (χ2v) is 7.96. The number of hydrogen-bond acceptors (Lipinski definition) is 4. The zero-order valence-electron chi connectivity index (χ0n) is 16.3. The highest BCUT2D eigenvalue weighted by atomic mass is 16.2. The van der Waals surface area contributed by atoms with E-state index in [0.717, 1.165) is 51.1 Å². The van der Waals surface area contributed by atoms with Gasteiger partial charge in [0.1, 0.15) is 11.9 Å². The largest absolute Gasteiger partial charge is 0.357 e. The van der Waals surface area contributed by atoms with Crippen molar-refractivity contribution >= 4 is 11.7 Å². The molecule has 1 amide bonds. The van der Waals surface area contributed by atoms with Gasteiger partial charge in [0.15, 0.2) is 0 Å². The van der Waals surface area contributed by atoms with Gasteiger partial charge >= 0.3 is 0 Å². The van der Waals surface area contributed by atoms with Crippen molar-refractivity contribution in [1.29, 1.82) is 5.26 Å². The Bertz CT molecular complexity index is 857. The number of aromatic nitrogens is 1. The van der Waals surface area contributed by atoms with Gasteiger partial charge in [-0.1, -0.05) is 29.8 Å². The SMILES string of the molecule is Cc1ccc(CN(C(=O)C2CCN(c3ccc(C#N)cn3)CC2)C2CC2)cc1. The van der Waals surface area contributed by atoms with Crippen LogP contribution in [0.25, 0.3) is 0 Å². The zero-order chi connectivity index (χ0) is 19.5. The van der Waals surface area contributed by atoms with Gasteiger partial charge in [0.05, 0.1) is 5.56 Å². The van der Waals surface area contributed by atoms with E-state index in [2.05, 4.69) is 52.0 Å². The molecule has 1 aliphatic heterocycles. The average molecular weight is 374 g/mol. The molecule has 4 rings (SSSR count). The van der Waals surface area contributed by atoms with Crippen molar-refractivity contribution in [2.75, 3.05) is 18.0 Å². The molecule has 1 saturated carbocycles. The summed E-state index contributed by atoms with van der Waals surface area (Å²) >= 11 is 0. The topological polar surface area (TPSA) is 60.2 Å². The maximum Gasteiger partial charge on any atom is 0.226 e. The number of nitrogens with zero attached hydrogens (tertiary/aromatic N) is 4. The molecule has 28 heavy (non-hydrogen) atoms. The summed E-state index contributed by atoms with van der Waals surface area (Å²) in [7, 11) is 0. The number of benzene rings is 1. The predicted molar refractivity (Wildman–Crippen MR) is 109 cm³/mol. The molecular weight excluding hydrogens is 348 g/mol. The summed E-state index contributed by atoms with van der Waals surface area (Å²) in [6.45, 7) is 4.47. The smallest absolute Gasteiger partial charge is 0.226 e.